The monoisotopic (exact) mass is 297 g/mol. The molecular formula is C15H27N3O3. The summed E-state index contributed by atoms with van der Waals surface area (Å²) in [6, 6.07) is 0.0127. The largest absolute Gasteiger partial charge is 0.481 e. The summed E-state index contributed by atoms with van der Waals surface area (Å²) >= 11 is 0. The minimum atomic E-state index is -0.736. The molecule has 2 rings (SSSR count). The van der Waals surface area contributed by atoms with E-state index in [1.165, 1.54) is 0 Å². The number of amides is 2. The predicted molar refractivity (Wildman–Crippen MR) is 80.2 cm³/mol. The summed E-state index contributed by atoms with van der Waals surface area (Å²) in [6.45, 7) is 7.58. The summed E-state index contributed by atoms with van der Waals surface area (Å²) in [5.74, 6) is 0.0533. The van der Waals surface area contributed by atoms with Gasteiger partial charge >= 0.3 is 12.0 Å². The molecule has 2 fully saturated rings. The molecule has 6 nitrogen and oxygen atoms in total. The van der Waals surface area contributed by atoms with E-state index >= 15 is 0 Å². The second-order valence-corrected chi connectivity index (χ2v) is 6.26. The van der Waals surface area contributed by atoms with E-state index in [-0.39, 0.29) is 18.4 Å². The molecule has 0 radical (unpaired) electrons. The van der Waals surface area contributed by atoms with Crippen LogP contribution in [0.25, 0.3) is 0 Å². The molecule has 2 aliphatic heterocycles. The molecule has 2 aliphatic rings. The lowest BCUT2D eigenvalue weighted by Crippen LogP contribution is -2.46. The van der Waals surface area contributed by atoms with Crippen LogP contribution in [0.1, 0.15) is 32.6 Å². The van der Waals surface area contributed by atoms with Crippen LogP contribution >= 0.6 is 0 Å². The smallest absolute Gasteiger partial charge is 0.317 e. The fraction of sp³-hybridized carbons (Fsp3) is 0.867. The second kappa shape index (κ2) is 7.64. The van der Waals surface area contributed by atoms with E-state index in [1.807, 2.05) is 4.90 Å². The van der Waals surface area contributed by atoms with Gasteiger partial charge in [-0.05, 0) is 44.2 Å². The highest BCUT2D eigenvalue weighted by molar-refractivity contribution is 5.74. The zero-order valence-electron chi connectivity index (χ0n) is 12.9. The highest BCUT2D eigenvalue weighted by Gasteiger charge is 2.26. The van der Waals surface area contributed by atoms with Gasteiger partial charge in [0, 0.05) is 32.6 Å². The molecule has 0 aliphatic carbocycles. The van der Waals surface area contributed by atoms with E-state index in [1.54, 1.807) is 0 Å². The van der Waals surface area contributed by atoms with E-state index < -0.39 is 5.97 Å². The summed E-state index contributed by atoms with van der Waals surface area (Å²) in [5.41, 5.74) is 0. The van der Waals surface area contributed by atoms with Crippen LogP contribution in [0.4, 0.5) is 4.79 Å². The zero-order chi connectivity index (χ0) is 15.2. The van der Waals surface area contributed by atoms with Crippen molar-refractivity contribution in [2.24, 2.45) is 11.8 Å². The van der Waals surface area contributed by atoms with Crippen LogP contribution in [0.15, 0.2) is 0 Å². The molecule has 2 N–H and O–H groups in total. The molecule has 0 aromatic heterocycles. The Morgan fingerprint density at radius 2 is 1.81 bits per heavy atom. The second-order valence-electron chi connectivity index (χ2n) is 6.26. The first-order valence-electron chi connectivity index (χ1n) is 8.05. The SMILES string of the molecule is CCN1CCC(CNC(=O)N2CCC(CC(=O)O)CC2)C1. The molecule has 0 aromatic rings. The third kappa shape index (κ3) is 4.88. The summed E-state index contributed by atoms with van der Waals surface area (Å²) in [4.78, 5) is 27.0. The van der Waals surface area contributed by atoms with E-state index in [9.17, 15) is 9.59 Å². The molecule has 2 heterocycles. The van der Waals surface area contributed by atoms with Crippen molar-refractivity contribution < 1.29 is 14.7 Å². The Labute approximate surface area is 126 Å². The Balaban J connectivity index is 1.64. The summed E-state index contributed by atoms with van der Waals surface area (Å²) in [6.07, 6.45) is 2.98. The first kappa shape index (κ1) is 16.1. The quantitative estimate of drug-likeness (QED) is 0.800. The van der Waals surface area contributed by atoms with Crippen LogP contribution in [-0.2, 0) is 4.79 Å². The average molecular weight is 297 g/mol. The highest BCUT2D eigenvalue weighted by Crippen LogP contribution is 2.20. The Morgan fingerprint density at radius 1 is 1.14 bits per heavy atom. The van der Waals surface area contributed by atoms with Gasteiger partial charge in [0.1, 0.15) is 0 Å². The van der Waals surface area contributed by atoms with Gasteiger partial charge in [-0.2, -0.15) is 0 Å². The molecule has 1 atom stereocenters. The number of piperidine rings is 1. The number of hydrogen-bond acceptors (Lipinski definition) is 3. The average Bonchev–Trinajstić information content (AvgIpc) is 2.93. The van der Waals surface area contributed by atoms with Crippen LogP contribution in [-0.4, -0.2) is 66.2 Å². The fourth-order valence-corrected chi connectivity index (χ4v) is 3.30. The van der Waals surface area contributed by atoms with Gasteiger partial charge in [0.2, 0.25) is 0 Å². The number of rotatable bonds is 5. The molecule has 0 bridgehead atoms. The number of likely N-dealkylation sites (tertiary alicyclic amines) is 2. The van der Waals surface area contributed by atoms with Crippen molar-refractivity contribution in [2.45, 2.75) is 32.6 Å². The van der Waals surface area contributed by atoms with Gasteiger partial charge in [-0.3, -0.25) is 4.79 Å². The number of nitrogens with zero attached hydrogens (tertiary/aromatic N) is 2. The van der Waals surface area contributed by atoms with E-state index in [4.69, 9.17) is 5.11 Å². The van der Waals surface area contributed by atoms with Crippen molar-refractivity contribution in [3.05, 3.63) is 0 Å². The number of carbonyl (C=O) groups is 2. The number of urea groups is 1. The molecule has 0 spiro atoms. The Kier molecular flexibility index (Phi) is 5.85. The van der Waals surface area contributed by atoms with E-state index in [0.29, 0.717) is 19.0 Å². The van der Waals surface area contributed by atoms with Gasteiger partial charge in [-0.15, -0.1) is 0 Å². The fourth-order valence-electron chi connectivity index (χ4n) is 3.30. The van der Waals surface area contributed by atoms with Gasteiger partial charge in [0.05, 0.1) is 0 Å². The number of carboxylic acid groups (broad SMARTS) is 1. The van der Waals surface area contributed by atoms with Gasteiger partial charge < -0.3 is 20.2 Å². The molecule has 6 heteroatoms. The molecule has 0 saturated carbocycles. The molecule has 120 valence electrons. The predicted octanol–water partition coefficient (Wildman–Crippen LogP) is 1.22. The maximum absolute atomic E-state index is 12.1. The third-order valence-electron chi connectivity index (χ3n) is 4.72. The number of nitrogens with one attached hydrogen (secondary N) is 1. The van der Waals surface area contributed by atoms with Crippen molar-refractivity contribution >= 4 is 12.0 Å². The number of carboxylic acids is 1. The van der Waals surface area contributed by atoms with Crippen LogP contribution < -0.4 is 5.32 Å². The van der Waals surface area contributed by atoms with Crippen molar-refractivity contribution in [1.82, 2.24) is 15.1 Å². The molecule has 21 heavy (non-hydrogen) atoms. The Morgan fingerprint density at radius 3 is 2.38 bits per heavy atom. The lowest BCUT2D eigenvalue weighted by molar-refractivity contribution is -0.138. The standard InChI is InChI=1S/C15H27N3O3/c1-2-17-6-3-13(11-17)10-16-15(21)18-7-4-12(5-8-18)9-14(19)20/h12-13H,2-11H2,1H3,(H,16,21)(H,19,20). The first-order chi connectivity index (χ1) is 10.1. The molecule has 1 unspecified atom stereocenters. The number of hydrogen-bond donors (Lipinski definition) is 2. The van der Waals surface area contributed by atoms with Crippen LogP contribution in [0.3, 0.4) is 0 Å². The summed E-state index contributed by atoms with van der Waals surface area (Å²) in [5, 5.41) is 11.8. The van der Waals surface area contributed by atoms with Crippen LogP contribution in [0.2, 0.25) is 0 Å². The number of aliphatic carboxylic acids is 1. The normalized spacial score (nSPS) is 24.2. The molecule has 0 aromatic carbocycles. The van der Waals surface area contributed by atoms with Crippen LogP contribution in [0, 0.1) is 11.8 Å². The third-order valence-corrected chi connectivity index (χ3v) is 4.72. The lowest BCUT2D eigenvalue weighted by atomic mass is 9.94. The highest BCUT2D eigenvalue weighted by atomic mass is 16.4. The van der Waals surface area contributed by atoms with Gasteiger partial charge in [-0.1, -0.05) is 6.92 Å². The maximum atomic E-state index is 12.1. The van der Waals surface area contributed by atoms with Gasteiger partial charge in [0.15, 0.2) is 0 Å². The molecule has 2 saturated heterocycles. The Bertz CT molecular complexity index is 367. The Hall–Kier alpha value is -1.30. The molecular weight excluding hydrogens is 270 g/mol. The van der Waals surface area contributed by atoms with Crippen molar-refractivity contribution in [3.63, 3.8) is 0 Å². The minimum Gasteiger partial charge on any atom is -0.481 e. The lowest BCUT2D eigenvalue weighted by Gasteiger charge is -2.31. The van der Waals surface area contributed by atoms with Crippen molar-refractivity contribution in [1.29, 1.82) is 0 Å². The van der Waals surface area contributed by atoms with Gasteiger partial charge in [-0.25, -0.2) is 4.79 Å². The minimum absolute atomic E-state index is 0.0127. The number of carbonyl (C=O) groups excluding carboxylic acids is 1. The summed E-state index contributed by atoms with van der Waals surface area (Å²) in [7, 11) is 0. The van der Waals surface area contributed by atoms with Crippen molar-refractivity contribution in [2.75, 3.05) is 39.3 Å². The zero-order valence-corrected chi connectivity index (χ0v) is 12.9. The maximum Gasteiger partial charge on any atom is 0.317 e. The van der Waals surface area contributed by atoms with Gasteiger partial charge in [0.25, 0.3) is 0 Å². The van der Waals surface area contributed by atoms with Crippen LogP contribution in [0.5, 0.6) is 0 Å². The molecule has 2 amide bonds. The van der Waals surface area contributed by atoms with Crippen molar-refractivity contribution in [3.8, 4) is 0 Å². The topological polar surface area (TPSA) is 72.9 Å². The van der Waals surface area contributed by atoms with E-state index in [0.717, 1.165) is 45.4 Å². The summed E-state index contributed by atoms with van der Waals surface area (Å²) < 4.78 is 0. The van der Waals surface area contributed by atoms with E-state index in [2.05, 4.69) is 17.1 Å². The first-order valence-corrected chi connectivity index (χ1v) is 8.05.